The van der Waals surface area contributed by atoms with Gasteiger partial charge in [-0.05, 0) is 32.4 Å². The molecule has 2 N–H and O–H groups in total. The zero-order chi connectivity index (χ0) is 21.3. The fourth-order valence-corrected chi connectivity index (χ4v) is 3.61. The third kappa shape index (κ3) is 6.16. The Kier molecular flexibility index (Phi) is 8.01. The third-order valence-corrected chi connectivity index (χ3v) is 4.97. The fourth-order valence-electron chi connectivity index (χ4n) is 3.61. The predicted molar refractivity (Wildman–Crippen MR) is 119 cm³/mol. The molecule has 0 radical (unpaired) electrons. The molecule has 0 bridgehead atoms. The van der Waals surface area contributed by atoms with Crippen molar-refractivity contribution in [3.63, 3.8) is 0 Å². The maximum Gasteiger partial charge on any atom is 0.191 e. The molecule has 0 amide bonds. The number of nitrogens with zero attached hydrogens (tertiary/aromatic N) is 6. The molecule has 2 atom stereocenters. The van der Waals surface area contributed by atoms with Gasteiger partial charge in [-0.15, -0.1) is 10.2 Å². The Hall–Kier alpha value is -2.68. The quantitative estimate of drug-likeness (QED) is 0.501. The van der Waals surface area contributed by atoms with Crippen LogP contribution in [0.5, 0.6) is 0 Å². The summed E-state index contributed by atoms with van der Waals surface area (Å²) in [5.74, 6) is 2.79. The Morgan fingerprint density at radius 1 is 1.20 bits per heavy atom. The number of hydrogen-bond acceptors (Lipinski definition) is 6. The lowest BCUT2D eigenvalue weighted by Gasteiger charge is -2.36. The average molecular weight is 415 g/mol. The summed E-state index contributed by atoms with van der Waals surface area (Å²) >= 11 is 0. The lowest BCUT2D eigenvalue weighted by Crippen LogP contribution is -2.45. The van der Waals surface area contributed by atoms with E-state index in [4.69, 9.17) is 9.73 Å². The largest absolute Gasteiger partial charge is 0.372 e. The Labute approximate surface area is 179 Å². The van der Waals surface area contributed by atoms with Gasteiger partial charge >= 0.3 is 0 Å². The molecule has 2 aromatic heterocycles. The van der Waals surface area contributed by atoms with Gasteiger partial charge in [0.1, 0.15) is 18.0 Å². The first-order valence-electron chi connectivity index (χ1n) is 10.8. The second kappa shape index (κ2) is 10.9. The van der Waals surface area contributed by atoms with Crippen LogP contribution in [-0.4, -0.2) is 64.1 Å². The molecular weight excluding hydrogens is 380 g/mol. The predicted octanol–water partition coefficient (Wildman–Crippen LogP) is 1.60. The first-order chi connectivity index (χ1) is 14.6. The van der Waals surface area contributed by atoms with E-state index >= 15 is 0 Å². The van der Waals surface area contributed by atoms with Gasteiger partial charge in [0.25, 0.3) is 0 Å². The van der Waals surface area contributed by atoms with E-state index in [-0.39, 0.29) is 12.2 Å². The molecule has 0 aliphatic carbocycles. The maximum atomic E-state index is 5.81. The van der Waals surface area contributed by atoms with E-state index in [1.54, 1.807) is 6.33 Å². The van der Waals surface area contributed by atoms with E-state index in [1.807, 2.05) is 6.20 Å². The van der Waals surface area contributed by atoms with E-state index in [9.17, 15) is 0 Å². The third-order valence-electron chi connectivity index (χ3n) is 4.97. The summed E-state index contributed by atoms with van der Waals surface area (Å²) in [6, 6.07) is 4.18. The van der Waals surface area contributed by atoms with Gasteiger partial charge in [-0.25, -0.2) is 9.98 Å². The molecule has 1 aliphatic rings. The maximum absolute atomic E-state index is 5.81. The Bertz CT molecular complexity index is 794. The Morgan fingerprint density at radius 2 is 2.00 bits per heavy atom. The van der Waals surface area contributed by atoms with Crippen LogP contribution in [0.1, 0.15) is 39.1 Å². The van der Waals surface area contributed by atoms with E-state index in [1.165, 1.54) is 0 Å². The van der Waals surface area contributed by atoms with Crippen molar-refractivity contribution in [2.45, 2.75) is 59.4 Å². The molecule has 30 heavy (non-hydrogen) atoms. The molecular formula is C21H34N8O. The molecule has 9 heteroatoms. The van der Waals surface area contributed by atoms with Crippen molar-refractivity contribution in [3.05, 3.63) is 36.0 Å². The van der Waals surface area contributed by atoms with Crippen molar-refractivity contribution in [2.75, 3.05) is 31.1 Å². The van der Waals surface area contributed by atoms with Gasteiger partial charge in [-0.1, -0.05) is 13.0 Å². The number of aryl methyl sites for hydroxylation is 1. The zero-order valence-corrected chi connectivity index (χ0v) is 18.5. The summed E-state index contributed by atoms with van der Waals surface area (Å²) in [4.78, 5) is 11.6. The van der Waals surface area contributed by atoms with E-state index in [0.29, 0.717) is 6.54 Å². The first-order valence-corrected chi connectivity index (χ1v) is 10.8. The van der Waals surface area contributed by atoms with Crippen LogP contribution in [0, 0.1) is 0 Å². The monoisotopic (exact) mass is 414 g/mol. The van der Waals surface area contributed by atoms with Gasteiger partial charge in [-0.3, -0.25) is 0 Å². The molecule has 0 aromatic carbocycles. The van der Waals surface area contributed by atoms with Crippen LogP contribution >= 0.6 is 0 Å². The van der Waals surface area contributed by atoms with Gasteiger partial charge in [0, 0.05) is 45.3 Å². The van der Waals surface area contributed by atoms with Crippen molar-refractivity contribution in [1.82, 2.24) is 30.4 Å². The topological polar surface area (TPSA) is 92.5 Å². The minimum Gasteiger partial charge on any atom is -0.372 e. The summed E-state index contributed by atoms with van der Waals surface area (Å²) in [5.41, 5.74) is 1.08. The number of pyridine rings is 1. The van der Waals surface area contributed by atoms with E-state index in [2.05, 4.69) is 75.1 Å². The van der Waals surface area contributed by atoms with Crippen LogP contribution in [0.15, 0.2) is 29.6 Å². The van der Waals surface area contributed by atoms with Crippen LogP contribution in [-0.2, 0) is 24.2 Å². The molecule has 0 saturated carbocycles. The van der Waals surface area contributed by atoms with Crippen molar-refractivity contribution < 1.29 is 4.74 Å². The van der Waals surface area contributed by atoms with Crippen LogP contribution in [0.4, 0.5) is 5.82 Å². The number of aliphatic imine (C=N–C) groups is 1. The molecule has 3 heterocycles. The number of nitrogens with one attached hydrogen (secondary N) is 2. The summed E-state index contributed by atoms with van der Waals surface area (Å²) in [7, 11) is 0. The number of aromatic nitrogens is 4. The van der Waals surface area contributed by atoms with Gasteiger partial charge in [0.15, 0.2) is 5.96 Å². The second-order valence-electron chi connectivity index (χ2n) is 7.60. The minimum absolute atomic E-state index is 0.222. The molecule has 2 aromatic rings. The van der Waals surface area contributed by atoms with Crippen LogP contribution in [0.2, 0.25) is 0 Å². The van der Waals surface area contributed by atoms with Crippen molar-refractivity contribution in [2.24, 2.45) is 4.99 Å². The summed E-state index contributed by atoms with van der Waals surface area (Å²) < 4.78 is 7.87. The number of guanidine groups is 1. The van der Waals surface area contributed by atoms with Gasteiger partial charge in [-0.2, -0.15) is 0 Å². The van der Waals surface area contributed by atoms with Crippen LogP contribution in [0.3, 0.4) is 0 Å². The standard InChI is InChI=1S/C21H34N8O/c1-5-19-27-26-15-28(19)10-9-23-21(22-6-2)25-12-18-7-8-20(24-11-18)29-13-16(3)30-17(4)14-29/h7-8,11,15-17H,5-6,9-10,12-14H2,1-4H3,(H2,22,23,25). The highest BCUT2D eigenvalue weighted by Crippen LogP contribution is 2.18. The molecule has 1 saturated heterocycles. The molecule has 9 nitrogen and oxygen atoms in total. The second-order valence-corrected chi connectivity index (χ2v) is 7.60. The highest BCUT2D eigenvalue weighted by Gasteiger charge is 2.22. The lowest BCUT2D eigenvalue weighted by atomic mass is 10.2. The van der Waals surface area contributed by atoms with Gasteiger partial charge < -0.3 is 24.8 Å². The Balaban J connectivity index is 1.53. The molecule has 0 spiro atoms. The minimum atomic E-state index is 0.222. The summed E-state index contributed by atoms with van der Waals surface area (Å²) in [6.45, 7) is 13.0. The number of ether oxygens (including phenoxy) is 1. The normalized spacial score (nSPS) is 19.7. The van der Waals surface area contributed by atoms with Gasteiger partial charge in [0.05, 0.1) is 18.8 Å². The van der Waals surface area contributed by atoms with Crippen molar-refractivity contribution in [1.29, 1.82) is 0 Å². The smallest absolute Gasteiger partial charge is 0.191 e. The fraction of sp³-hybridized carbons (Fsp3) is 0.619. The lowest BCUT2D eigenvalue weighted by molar-refractivity contribution is -0.00545. The van der Waals surface area contributed by atoms with E-state index < -0.39 is 0 Å². The highest BCUT2D eigenvalue weighted by atomic mass is 16.5. The SMILES string of the molecule is CCNC(=NCc1ccc(N2CC(C)OC(C)C2)nc1)NCCn1cnnc1CC. The molecule has 1 fully saturated rings. The highest BCUT2D eigenvalue weighted by molar-refractivity contribution is 5.79. The number of anilines is 1. The Morgan fingerprint density at radius 3 is 2.67 bits per heavy atom. The van der Waals surface area contributed by atoms with E-state index in [0.717, 1.165) is 62.3 Å². The molecule has 3 rings (SSSR count). The van der Waals surface area contributed by atoms with Crippen molar-refractivity contribution >= 4 is 11.8 Å². The number of morpholine rings is 1. The molecule has 164 valence electrons. The first kappa shape index (κ1) is 22.0. The van der Waals surface area contributed by atoms with Crippen LogP contribution < -0.4 is 15.5 Å². The number of hydrogen-bond donors (Lipinski definition) is 2. The zero-order valence-electron chi connectivity index (χ0n) is 18.5. The molecule has 1 aliphatic heterocycles. The van der Waals surface area contributed by atoms with Gasteiger partial charge in [0.2, 0.25) is 0 Å². The summed E-state index contributed by atoms with van der Waals surface area (Å²) in [5, 5.41) is 14.8. The average Bonchev–Trinajstić information content (AvgIpc) is 3.19. The molecule has 2 unspecified atom stereocenters. The van der Waals surface area contributed by atoms with Crippen molar-refractivity contribution in [3.8, 4) is 0 Å². The van der Waals surface area contributed by atoms with Crippen LogP contribution in [0.25, 0.3) is 0 Å². The summed E-state index contributed by atoms with van der Waals surface area (Å²) in [6.07, 6.45) is 5.01. The number of rotatable bonds is 8.